The summed E-state index contributed by atoms with van der Waals surface area (Å²) in [5, 5.41) is 9.62. The van der Waals surface area contributed by atoms with Gasteiger partial charge in [-0.2, -0.15) is 0 Å². The summed E-state index contributed by atoms with van der Waals surface area (Å²) in [5.74, 6) is 1.37. The number of aromatic hydroxyl groups is 1. The van der Waals surface area contributed by atoms with Gasteiger partial charge >= 0.3 is 0 Å². The van der Waals surface area contributed by atoms with E-state index in [0.29, 0.717) is 18.1 Å². The standard InChI is InChI=1S/C15H24O3/c1-3-4-5-6-7-8-11-18-15-12-13(17-2)9-10-14(15)16/h9-10,12,16H,3-8,11H2,1-2H3. The van der Waals surface area contributed by atoms with E-state index in [2.05, 4.69) is 6.92 Å². The average molecular weight is 252 g/mol. The molecule has 0 fully saturated rings. The van der Waals surface area contributed by atoms with Crippen LogP contribution in [0.5, 0.6) is 17.2 Å². The Morgan fingerprint density at radius 3 is 2.50 bits per heavy atom. The molecule has 0 atom stereocenters. The quantitative estimate of drug-likeness (QED) is 0.671. The van der Waals surface area contributed by atoms with Crippen molar-refractivity contribution in [3.8, 4) is 17.2 Å². The summed E-state index contributed by atoms with van der Waals surface area (Å²) >= 11 is 0. The third kappa shape index (κ3) is 5.30. The van der Waals surface area contributed by atoms with Crippen molar-refractivity contribution in [3.63, 3.8) is 0 Å². The van der Waals surface area contributed by atoms with Gasteiger partial charge in [0.05, 0.1) is 13.7 Å². The van der Waals surface area contributed by atoms with Crippen molar-refractivity contribution in [2.75, 3.05) is 13.7 Å². The van der Waals surface area contributed by atoms with E-state index in [1.54, 1.807) is 25.3 Å². The van der Waals surface area contributed by atoms with Crippen LogP contribution in [0.4, 0.5) is 0 Å². The zero-order chi connectivity index (χ0) is 13.2. The number of methoxy groups -OCH3 is 1. The molecule has 0 saturated carbocycles. The summed E-state index contributed by atoms with van der Waals surface area (Å²) in [6.07, 6.45) is 7.37. The molecule has 3 nitrogen and oxygen atoms in total. The topological polar surface area (TPSA) is 38.7 Å². The lowest BCUT2D eigenvalue weighted by Crippen LogP contribution is -1.98. The largest absolute Gasteiger partial charge is 0.504 e. The highest BCUT2D eigenvalue weighted by Gasteiger charge is 2.03. The van der Waals surface area contributed by atoms with Crippen molar-refractivity contribution in [2.45, 2.75) is 45.4 Å². The first-order valence-corrected chi connectivity index (χ1v) is 6.77. The van der Waals surface area contributed by atoms with E-state index in [1.165, 1.54) is 32.1 Å². The maximum atomic E-state index is 9.62. The summed E-state index contributed by atoms with van der Waals surface area (Å²) in [6, 6.07) is 5.02. The minimum absolute atomic E-state index is 0.168. The second-order valence-electron chi connectivity index (χ2n) is 4.45. The lowest BCUT2D eigenvalue weighted by molar-refractivity contribution is 0.286. The van der Waals surface area contributed by atoms with Crippen molar-refractivity contribution >= 4 is 0 Å². The van der Waals surface area contributed by atoms with Crippen LogP contribution in [0.1, 0.15) is 45.4 Å². The number of unbranched alkanes of at least 4 members (excludes halogenated alkanes) is 5. The Balaban J connectivity index is 2.22. The summed E-state index contributed by atoms with van der Waals surface area (Å²) in [5.41, 5.74) is 0. The summed E-state index contributed by atoms with van der Waals surface area (Å²) in [7, 11) is 1.60. The highest BCUT2D eigenvalue weighted by molar-refractivity contribution is 5.44. The number of rotatable bonds is 9. The van der Waals surface area contributed by atoms with Gasteiger partial charge in [-0.25, -0.2) is 0 Å². The molecule has 0 heterocycles. The molecule has 0 aromatic heterocycles. The fraction of sp³-hybridized carbons (Fsp3) is 0.600. The second-order valence-corrected chi connectivity index (χ2v) is 4.45. The molecule has 3 heteroatoms. The molecule has 0 amide bonds. The van der Waals surface area contributed by atoms with Crippen LogP contribution >= 0.6 is 0 Å². The Morgan fingerprint density at radius 1 is 1.06 bits per heavy atom. The van der Waals surface area contributed by atoms with E-state index in [0.717, 1.165) is 6.42 Å². The maximum Gasteiger partial charge on any atom is 0.164 e. The van der Waals surface area contributed by atoms with Gasteiger partial charge in [0.15, 0.2) is 11.5 Å². The molecule has 0 aliphatic heterocycles. The lowest BCUT2D eigenvalue weighted by Gasteiger charge is -2.09. The van der Waals surface area contributed by atoms with Crippen LogP contribution < -0.4 is 9.47 Å². The van der Waals surface area contributed by atoms with Crippen LogP contribution in [-0.4, -0.2) is 18.8 Å². The molecule has 1 rings (SSSR count). The number of hydrogen-bond acceptors (Lipinski definition) is 3. The Hall–Kier alpha value is -1.38. The monoisotopic (exact) mass is 252 g/mol. The Kier molecular flexibility index (Phi) is 7.07. The van der Waals surface area contributed by atoms with Crippen molar-refractivity contribution in [1.29, 1.82) is 0 Å². The number of phenolic OH excluding ortho intramolecular Hbond substituents is 1. The molecular weight excluding hydrogens is 228 g/mol. The molecule has 0 radical (unpaired) electrons. The van der Waals surface area contributed by atoms with Gasteiger partial charge in [0.25, 0.3) is 0 Å². The van der Waals surface area contributed by atoms with Gasteiger partial charge in [0, 0.05) is 6.07 Å². The first kappa shape index (κ1) is 14.7. The van der Waals surface area contributed by atoms with Crippen LogP contribution in [0.25, 0.3) is 0 Å². The molecule has 18 heavy (non-hydrogen) atoms. The highest BCUT2D eigenvalue weighted by Crippen LogP contribution is 2.30. The first-order valence-electron chi connectivity index (χ1n) is 6.77. The number of phenols is 1. The molecule has 102 valence electrons. The number of hydrogen-bond donors (Lipinski definition) is 1. The molecule has 0 aliphatic rings. The number of ether oxygens (including phenoxy) is 2. The van der Waals surface area contributed by atoms with Crippen LogP contribution in [-0.2, 0) is 0 Å². The fourth-order valence-electron chi connectivity index (χ4n) is 1.80. The van der Waals surface area contributed by atoms with Crippen LogP contribution in [0, 0.1) is 0 Å². The minimum atomic E-state index is 0.168. The Labute approximate surface area is 110 Å². The third-order valence-corrected chi connectivity index (χ3v) is 2.92. The predicted octanol–water partition coefficient (Wildman–Crippen LogP) is 4.14. The third-order valence-electron chi connectivity index (χ3n) is 2.92. The van der Waals surface area contributed by atoms with Gasteiger partial charge in [0.2, 0.25) is 0 Å². The fourth-order valence-corrected chi connectivity index (χ4v) is 1.80. The summed E-state index contributed by atoms with van der Waals surface area (Å²) in [4.78, 5) is 0. The van der Waals surface area contributed by atoms with Crippen molar-refractivity contribution in [3.05, 3.63) is 18.2 Å². The highest BCUT2D eigenvalue weighted by atomic mass is 16.5. The zero-order valence-electron chi connectivity index (χ0n) is 11.4. The smallest absolute Gasteiger partial charge is 0.164 e. The Morgan fingerprint density at radius 2 is 1.78 bits per heavy atom. The summed E-state index contributed by atoms with van der Waals surface area (Å²) < 4.78 is 10.6. The van der Waals surface area contributed by atoms with Gasteiger partial charge in [-0.1, -0.05) is 39.0 Å². The Bertz CT molecular complexity index is 337. The van der Waals surface area contributed by atoms with E-state index >= 15 is 0 Å². The molecule has 1 N–H and O–H groups in total. The molecule has 1 aromatic carbocycles. The van der Waals surface area contributed by atoms with E-state index in [1.807, 2.05) is 0 Å². The lowest BCUT2D eigenvalue weighted by atomic mass is 10.1. The van der Waals surface area contributed by atoms with Crippen molar-refractivity contribution in [2.24, 2.45) is 0 Å². The van der Waals surface area contributed by atoms with E-state index < -0.39 is 0 Å². The molecule has 0 saturated heterocycles. The molecule has 0 spiro atoms. The van der Waals surface area contributed by atoms with Crippen LogP contribution in [0.3, 0.4) is 0 Å². The van der Waals surface area contributed by atoms with E-state index in [4.69, 9.17) is 9.47 Å². The van der Waals surface area contributed by atoms with Gasteiger partial charge in [-0.3, -0.25) is 0 Å². The predicted molar refractivity (Wildman–Crippen MR) is 73.5 cm³/mol. The van der Waals surface area contributed by atoms with Gasteiger partial charge in [-0.15, -0.1) is 0 Å². The minimum Gasteiger partial charge on any atom is -0.504 e. The first-order chi connectivity index (χ1) is 8.77. The maximum absolute atomic E-state index is 9.62. The molecule has 1 aromatic rings. The van der Waals surface area contributed by atoms with Gasteiger partial charge in [-0.05, 0) is 18.6 Å². The SMILES string of the molecule is CCCCCCCCOc1cc(OC)ccc1O. The molecule has 0 unspecified atom stereocenters. The zero-order valence-corrected chi connectivity index (χ0v) is 11.4. The van der Waals surface area contributed by atoms with Crippen molar-refractivity contribution in [1.82, 2.24) is 0 Å². The molecule has 0 bridgehead atoms. The number of benzene rings is 1. The van der Waals surface area contributed by atoms with Gasteiger partial charge < -0.3 is 14.6 Å². The normalized spacial score (nSPS) is 10.3. The van der Waals surface area contributed by atoms with Crippen molar-refractivity contribution < 1.29 is 14.6 Å². The molecule has 0 aliphatic carbocycles. The average Bonchev–Trinajstić information content (AvgIpc) is 2.39. The second kappa shape index (κ2) is 8.67. The van der Waals surface area contributed by atoms with E-state index in [9.17, 15) is 5.11 Å². The van der Waals surface area contributed by atoms with Crippen LogP contribution in [0.2, 0.25) is 0 Å². The van der Waals surface area contributed by atoms with Gasteiger partial charge in [0.1, 0.15) is 5.75 Å². The summed E-state index contributed by atoms with van der Waals surface area (Å²) in [6.45, 7) is 2.86. The van der Waals surface area contributed by atoms with E-state index in [-0.39, 0.29) is 5.75 Å². The molecular formula is C15H24O3. The van der Waals surface area contributed by atoms with Crippen LogP contribution in [0.15, 0.2) is 18.2 Å².